The Bertz CT molecular complexity index is 305. The lowest BCUT2D eigenvalue weighted by molar-refractivity contribution is 0.596. The molecule has 1 unspecified atom stereocenters. The lowest BCUT2D eigenvalue weighted by atomic mass is 10.1. The minimum atomic E-state index is 0.230. The van der Waals surface area contributed by atoms with Crippen molar-refractivity contribution in [2.45, 2.75) is 6.04 Å². The summed E-state index contributed by atoms with van der Waals surface area (Å²) >= 11 is 1.69. The highest BCUT2D eigenvalue weighted by Crippen LogP contribution is 2.19. The smallest absolute Gasteiger partial charge is 0.0952 e. The van der Waals surface area contributed by atoms with Gasteiger partial charge in [0, 0.05) is 18.9 Å². The van der Waals surface area contributed by atoms with Crippen LogP contribution in [0.1, 0.15) is 11.6 Å². The fraction of sp³-hybridized carbons (Fsp3) is 0.222. The standard InChI is InChI=1S/C9H11N3S/c10-5-9(8-1-4-13-6-8)12-3-2-11-7-12/h1-4,6-7,9H,5,10H2. The van der Waals surface area contributed by atoms with Crippen molar-refractivity contribution in [1.29, 1.82) is 0 Å². The summed E-state index contributed by atoms with van der Waals surface area (Å²) in [6.45, 7) is 0.604. The van der Waals surface area contributed by atoms with E-state index >= 15 is 0 Å². The van der Waals surface area contributed by atoms with E-state index in [0.717, 1.165) is 0 Å². The number of imidazole rings is 1. The van der Waals surface area contributed by atoms with Crippen molar-refractivity contribution in [2.75, 3.05) is 6.54 Å². The molecule has 2 heterocycles. The van der Waals surface area contributed by atoms with Gasteiger partial charge in [-0.2, -0.15) is 11.3 Å². The molecule has 1 atom stereocenters. The average molecular weight is 193 g/mol. The second-order valence-corrected chi connectivity index (χ2v) is 3.60. The van der Waals surface area contributed by atoms with E-state index in [1.165, 1.54) is 5.56 Å². The summed E-state index contributed by atoms with van der Waals surface area (Å²) in [6, 6.07) is 2.33. The second-order valence-electron chi connectivity index (χ2n) is 2.82. The van der Waals surface area contributed by atoms with Crippen LogP contribution in [0.25, 0.3) is 0 Å². The second kappa shape index (κ2) is 3.72. The largest absolute Gasteiger partial charge is 0.329 e. The van der Waals surface area contributed by atoms with Gasteiger partial charge in [-0.1, -0.05) is 0 Å². The van der Waals surface area contributed by atoms with E-state index in [1.54, 1.807) is 23.9 Å². The van der Waals surface area contributed by atoms with Gasteiger partial charge < -0.3 is 10.3 Å². The van der Waals surface area contributed by atoms with Gasteiger partial charge in [0.15, 0.2) is 0 Å². The molecule has 2 aromatic heterocycles. The first-order chi connectivity index (χ1) is 6.42. The van der Waals surface area contributed by atoms with Crippen LogP contribution in [0, 0.1) is 0 Å². The van der Waals surface area contributed by atoms with Gasteiger partial charge >= 0.3 is 0 Å². The van der Waals surface area contributed by atoms with Crippen LogP contribution >= 0.6 is 11.3 Å². The van der Waals surface area contributed by atoms with Crippen LogP contribution < -0.4 is 5.73 Å². The molecule has 2 N–H and O–H groups in total. The molecule has 0 aliphatic carbocycles. The first-order valence-electron chi connectivity index (χ1n) is 4.11. The summed E-state index contributed by atoms with van der Waals surface area (Å²) in [4.78, 5) is 4.01. The van der Waals surface area contributed by atoms with Crippen molar-refractivity contribution in [1.82, 2.24) is 9.55 Å². The molecular weight excluding hydrogens is 182 g/mol. The lowest BCUT2D eigenvalue weighted by Gasteiger charge is -2.14. The number of hydrogen-bond acceptors (Lipinski definition) is 3. The summed E-state index contributed by atoms with van der Waals surface area (Å²) in [5, 5.41) is 4.19. The van der Waals surface area contributed by atoms with Crippen LogP contribution in [-0.2, 0) is 0 Å². The molecule has 0 radical (unpaired) electrons. The third-order valence-electron chi connectivity index (χ3n) is 2.04. The molecule has 3 nitrogen and oxygen atoms in total. The molecule has 0 saturated carbocycles. The number of hydrogen-bond donors (Lipinski definition) is 1. The van der Waals surface area contributed by atoms with Crippen LogP contribution in [0.3, 0.4) is 0 Å². The van der Waals surface area contributed by atoms with Crippen molar-refractivity contribution < 1.29 is 0 Å². The van der Waals surface area contributed by atoms with Gasteiger partial charge in [0.1, 0.15) is 0 Å². The summed E-state index contributed by atoms with van der Waals surface area (Å²) in [5.41, 5.74) is 6.97. The quantitative estimate of drug-likeness (QED) is 0.802. The summed E-state index contributed by atoms with van der Waals surface area (Å²) in [6.07, 6.45) is 5.51. The molecule has 0 aliphatic heterocycles. The first kappa shape index (κ1) is 8.47. The van der Waals surface area contributed by atoms with Gasteiger partial charge in [-0.3, -0.25) is 0 Å². The molecular formula is C9H11N3S. The highest BCUT2D eigenvalue weighted by atomic mass is 32.1. The summed E-state index contributed by atoms with van der Waals surface area (Å²) in [5.74, 6) is 0. The van der Waals surface area contributed by atoms with Gasteiger partial charge in [-0.25, -0.2) is 4.98 Å². The Morgan fingerprint density at radius 2 is 2.54 bits per heavy atom. The minimum absolute atomic E-state index is 0.230. The Balaban J connectivity index is 2.29. The van der Waals surface area contributed by atoms with Crippen molar-refractivity contribution in [3.63, 3.8) is 0 Å². The van der Waals surface area contributed by atoms with Gasteiger partial charge in [0.25, 0.3) is 0 Å². The maximum Gasteiger partial charge on any atom is 0.0952 e. The fourth-order valence-corrected chi connectivity index (χ4v) is 2.06. The molecule has 68 valence electrons. The monoisotopic (exact) mass is 193 g/mol. The van der Waals surface area contributed by atoms with E-state index in [0.29, 0.717) is 6.54 Å². The van der Waals surface area contributed by atoms with E-state index < -0.39 is 0 Å². The molecule has 4 heteroatoms. The van der Waals surface area contributed by atoms with Crippen molar-refractivity contribution in [2.24, 2.45) is 5.73 Å². The number of rotatable bonds is 3. The van der Waals surface area contributed by atoms with Crippen LogP contribution in [0.15, 0.2) is 35.5 Å². The normalized spacial score (nSPS) is 13.0. The molecule has 2 rings (SSSR count). The Morgan fingerprint density at radius 1 is 1.62 bits per heavy atom. The molecule has 0 aromatic carbocycles. The number of nitrogens with two attached hydrogens (primary N) is 1. The zero-order valence-electron chi connectivity index (χ0n) is 7.13. The number of aromatic nitrogens is 2. The Labute approximate surface area is 80.8 Å². The molecule has 0 saturated heterocycles. The molecule has 0 spiro atoms. The third-order valence-corrected chi connectivity index (χ3v) is 2.74. The van der Waals surface area contributed by atoms with Crippen LogP contribution in [0.4, 0.5) is 0 Å². The minimum Gasteiger partial charge on any atom is -0.329 e. The maximum atomic E-state index is 5.71. The van der Waals surface area contributed by atoms with Crippen molar-refractivity contribution in [3.8, 4) is 0 Å². The van der Waals surface area contributed by atoms with Gasteiger partial charge in [0.2, 0.25) is 0 Å². The van der Waals surface area contributed by atoms with Crippen LogP contribution in [-0.4, -0.2) is 16.1 Å². The van der Waals surface area contributed by atoms with Gasteiger partial charge in [-0.15, -0.1) is 0 Å². The van der Waals surface area contributed by atoms with E-state index in [2.05, 4.69) is 21.8 Å². The predicted molar refractivity (Wildman–Crippen MR) is 53.7 cm³/mol. The van der Waals surface area contributed by atoms with E-state index in [-0.39, 0.29) is 6.04 Å². The Morgan fingerprint density at radius 3 is 3.08 bits per heavy atom. The fourth-order valence-electron chi connectivity index (χ4n) is 1.35. The number of thiophene rings is 1. The SMILES string of the molecule is NCC(c1ccsc1)n1ccnc1. The molecule has 0 bridgehead atoms. The molecule has 2 aromatic rings. The first-order valence-corrected chi connectivity index (χ1v) is 5.05. The van der Waals surface area contributed by atoms with Crippen molar-refractivity contribution in [3.05, 3.63) is 41.1 Å². The van der Waals surface area contributed by atoms with Crippen LogP contribution in [0.2, 0.25) is 0 Å². The molecule has 0 aliphatic rings. The third kappa shape index (κ3) is 1.64. The Hall–Kier alpha value is -1.13. The molecule has 13 heavy (non-hydrogen) atoms. The van der Waals surface area contributed by atoms with Gasteiger partial charge in [0.05, 0.1) is 12.4 Å². The highest BCUT2D eigenvalue weighted by Gasteiger charge is 2.10. The zero-order chi connectivity index (χ0) is 9.10. The maximum absolute atomic E-state index is 5.71. The average Bonchev–Trinajstić information content (AvgIpc) is 2.76. The van der Waals surface area contributed by atoms with Gasteiger partial charge in [-0.05, 0) is 22.4 Å². The number of nitrogens with zero attached hydrogens (tertiary/aromatic N) is 2. The van der Waals surface area contributed by atoms with E-state index in [4.69, 9.17) is 5.73 Å². The summed E-state index contributed by atoms with van der Waals surface area (Å²) < 4.78 is 2.03. The topological polar surface area (TPSA) is 43.8 Å². The predicted octanol–water partition coefficient (Wildman–Crippen LogP) is 1.49. The van der Waals surface area contributed by atoms with Crippen molar-refractivity contribution >= 4 is 11.3 Å². The molecule has 0 amide bonds. The van der Waals surface area contributed by atoms with E-state index in [1.807, 2.05) is 10.8 Å². The lowest BCUT2D eigenvalue weighted by Crippen LogP contribution is -2.18. The summed E-state index contributed by atoms with van der Waals surface area (Å²) in [7, 11) is 0. The zero-order valence-corrected chi connectivity index (χ0v) is 7.95. The molecule has 0 fully saturated rings. The Kier molecular flexibility index (Phi) is 2.42. The van der Waals surface area contributed by atoms with Crippen LogP contribution in [0.5, 0.6) is 0 Å². The van der Waals surface area contributed by atoms with E-state index in [9.17, 15) is 0 Å². The highest BCUT2D eigenvalue weighted by molar-refractivity contribution is 7.07.